The fourth-order valence-electron chi connectivity index (χ4n) is 7.69. The predicted octanol–water partition coefficient (Wildman–Crippen LogP) is 3.72. The van der Waals surface area contributed by atoms with Crippen LogP contribution in [-0.2, 0) is 75.4 Å². The van der Waals surface area contributed by atoms with E-state index in [0.717, 1.165) is 11.1 Å². The summed E-state index contributed by atoms with van der Waals surface area (Å²) in [4.78, 5) is 107. The number of fused-ring (bicyclic) bond motifs is 5. The number of hydrogen-bond donors (Lipinski definition) is 4. The normalized spacial score (nSPS) is 14.6. The van der Waals surface area contributed by atoms with Crippen molar-refractivity contribution in [1.29, 1.82) is 0 Å². The number of aliphatic carboxylic acids is 2. The number of amides is 2. The summed E-state index contributed by atoms with van der Waals surface area (Å²) in [7, 11) is 0. The van der Waals surface area contributed by atoms with E-state index in [0.29, 0.717) is 39.8 Å². The molecule has 7 rings (SSSR count). The molecule has 5 aromatic rings. The highest BCUT2D eigenvalue weighted by Crippen LogP contribution is 2.39. The minimum atomic E-state index is -1.61. The van der Waals surface area contributed by atoms with E-state index >= 15 is 0 Å². The molecule has 0 aliphatic carbocycles. The molecule has 0 saturated carbocycles. The fraction of sp³-hybridized carbons (Fsp3) is 0.283. The Morgan fingerprint density at radius 2 is 1.37 bits per heavy atom. The second kappa shape index (κ2) is 18.9. The number of rotatable bonds is 17. The molecule has 0 bridgehead atoms. The topological polar surface area (TPSA) is 247 Å². The third-order valence-electron chi connectivity index (χ3n) is 10.8. The Bertz CT molecular complexity index is 2700. The van der Waals surface area contributed by atoms with Crippen molar-refractivity contribution in [2.75, 3.05) is 0 Å². The molecule has 2 amide bonds. The molecule has 63 heavy (non-hydrogen) atoms. The minimum absolute atomic E-state index is 0.0279. The van der Waals surface area contributed by atoms with Gasteiger partial charge in [-0.3, -0.25) is 24.0 Å². The SMILES string of the molecule is CCc1c2c(nc3ccc(OC(=O)CCC(=O)NC(Cc4ccccc4)C(=O)O)cc13)-c1cc3c(c(=O)n1C2)COC(=O)C3OC(=O)CCC(=O)NC(Cc1ccccc1)C(=O)O. The van der Waals surface area contributed by atoms with E-state index in [-0.39, 0.29) is 55.7 Å². The number of hydrogen-bond acceptors (Lipinski definition) is 12. The summed E-state index contributed by atoms with van der Waals surface area (Å²) in [5, 5.41) is 24.8. The fourth-order valence-corrected chi connectivity index (χ4v) is 7.69. The third-order valence-corrected chi connectivity index (χ3v) is 10.8. The van der Waals surface area contributed by atoms with E-state index in [4.69, 9.17) is 19.2 Å². The van der Waals surface area contributed by atoms with Gasteiger partial charge in [0, 0.05) is 42.2 Å². The Labute approximate surface area is 359 Å². The number of esters is 3. The van der Waals surface area contributed by atoms with Gasteiger partial charge in [-0.1, -0.05) is 67.6 Å². The molecule has 0 spiro atoms. The minimum Gasteiger partial charge on any atom is -0.480 e. The Balaban J connectivity index is 1.02. The van der Waals surface area contributed by atoms with E-state index in [9.17, 15) is 48.6 Å². The number of carbonyl (C=O) groups is 7. The lowest BCUT2D eigenvalue weighted by molar-refractivity contribution is -0.171. The molecule has 2 aromatic heterocycles. The average molecular weight is 859 g/mol. The summed E-state index contributed by atoms with van der Waals surface area (Å²) < 4.78 is 17.8. The molecule has 4 heterocycles. The first kappa shape index (κ1) is 43.4. The van der Waals surface area contributed by atoms with Gasteiger partial charge in [-0.2, -0.15) is 0 Å². The number of benzene rings is 3. The van der Waals surface area contributed by atoms with E-state index in [1.54, 1.807) is 78.9 Å². The van der Waals surface area contributed by atoms with Crippen LogP contribution < -0.4 is 20.9 Å². The van der Waals surface area contributed by atoms with Gasteiger partial charge < -0.3 is 39.6 Å². The standard InChI is InChI=1S/C46H42N4O13/c1-2-28-29-21-27(62-39(53)17-15-37(51)47-34(44(56)57)19-25-9-5-3-6-10-25)13-14-33(29)49-41-31(28)23-50-36(41)22-30-32(43(50)55)24-61-46(60)42(30)63-40(54)18-16-38(52)48-35(45(58)59)20-26-11-7-4-8-12-26/h3-14,21-22,34-35,42H,2,15-20,23-24H2,1H3,(H,47,51)(H,48,52)(H,56,57)(H,58,59). The molecule has 3 unspecified atom stereocenters. The van der Waals surface area contributed by atoms with Crippen LogP contribution in [0.15, 0.2) is 89.7 Å². The zero-order chi connectivity index (χ0) is 44.8. The van der Waals surface area contributed by atoms with Crippen molar-refractivity contribution >= 4 is 52.6 Å². The highest BCUT2D eigenvalue weighted by atomic mass is 16.6. The summed E-state index contributed by atoms with van der Waals surface area (Å²) in [5.41, 5.74) is 4.04. The predicted molar refractivity (Wildman–Crippen MR) is 222 cm³/mol. The summed E-state index contributed by atoms with van der Waals surface area (Å²) in [6, 6.07) is 21.5. The van der Waals surface area contributed by atoms with Crippen LogP contribution in [0.4, 0.5) is 0 Å². The largest absolute Gasteiger partial charge is 0.480 e. The van der Waals surface area contributed by atoms with Crippen molar-refractivity contribution in [1.82, 2.24) is 20.2 Å². The molecule has 4 N–H and O–H groups in total. The van der Waals surface area contributed by atoms with Crippen LogP contribution in [0.1, 0.15) is 72.1 Å². The van der Waals surface area contributed by atoms with Crippen molar-refractivity contribution in [2.24, 2.45) is 0 Å². The van der Waals surface area contributed by atoms with Gasteiger partial charge in [0.15, 0.2) is 0 Å². The Morgan fingerprint density at radius 3 is 1.94 bits per heavy atom. The van der Waals surface area contributed by atoms with Crippen LogP contribution >= 0.6 is 0 Å². The smallest absolute Gasteiger partial charge is 0.352 e. The Kier molecular flexibility index (Phi) is 13.0. The first-order valence-electron chi connectivity index (χ1n) is 20.2. The lowest BCUT2D eigenvalue weighted by atomic mass is 9.97. The third kappa shape index (κ3) is 9.93. The second-order valence-corrected chi connectivity index (χ2v) is 15.1. The average Bonchev–Trinajstić information content (AvgIpc) is 3.63. The zero-order valence-electron chi connectivity index (χ0n) is 34.0. The number of cyclic esters (lactones) is 1. The quantitative estimate of drug-likeness (QED) is 0.0755. The lowest BCUT2D eigenvalue weighted by Crippen LogP contribution is -2.42. The van der Waals surface area contributed by atoms with Gasteiger partial charge in [0.1, 0.15) is 24.4 Å². The number of nitrogens with zero attached hydrogens (tertiary/aromatic N) is 2. The zero-order valence-corrected chi connectivity index (χ0v) is 34.0. The molecule has 2 aliphatic heterocycles. The first-order chi connectivity index (χ1) is 30.3. The maximum atomic E-state index is 14.0. The summed E-state index contributed by atoms with van der Waals surface area (Å²) in [5.74, 6) is -6.16. The highest BCUT2D eigenvalue weighted by molar-refractivity contribution is 5.91. The van der Waals surface area contributed by atoms with Crippen LogP contribution in [-0.4, -0.2) is 73.5 Å². The number of ether oxygens (including phenoxy) is 3. The highest BCUT2D eigenvalue weighted by Gasteiger charge is 2.38. The van der Waals surface area contributed by atoms with Gasteiger partial charge >= 0.3 is 29.8 Å². The number of carboxylic acid groups (broad SMARTS) is 2. The molecule has 0 saturated heterocycles. The molecular formula is C46H42N4O13. The Morgan fingerprint density at radius 1 is 0.778 bits per heavy atom. The van der Waals surface area contributed by atoms with Gasteiger partial charge in [0.25, 0.3) is 5.56 Å². The second-order valence-electron chi connectivity index (χ2n) is 15.1. The number of pyridine rings is 2. The first-order valence-corrected chi connectivity index (χ1v) is 20.2. The van der Waals surface area contributed by atoms with E-state index in [1.807, 2.05) is 6.92 Å². The Hall–Kier alpha value is -7.69. The van der Waals surface area contributed by atoms with Crippen molar-refractivity contribution in [3.63, 3.8) is 0 Å². The van der Waals surface area contributed by atoms with Crippen LogP contribution in [0.5, 0.6) is 5.75 Å². The molecule has 324 valence electrons. The van der Waals surface area contributed by atoms with Gasteiger partial charge in [-0.15, -0.1) is 0 Å². The van der Waals surface area contributed by atoms with E-state index < -0.39 is 78.2 Å². The van der Waals surface area contributed by atoms with Crippen LogP contribution in [0.3, 0.4) is 0 Å². The van der Waals surface area contributed by atoms with E-state index in [2.05, 4.69) is 10.6 Å². The molecule has 17 heteroatoms. The molecule has 17 nitrogen and oxygen atoms in total. The van der Waals surface area contributed by atoms with Crippen molar-refractivity contribution in [3.05, 3.63) is 129 Å². The maximum absolute atomic E-state index is 14.0. The van der Waals surface area contributed by atoms with Crippen molar-refractivity contribution in [2.45, 2.75) is 83.2 Å². The number of aryl methyl sites for hydroxylation is 1. The molecule has 0 radical (unpaired) electrons. The maximum Gasteiger partial charge on any atom is 0.352 e. The molecule has 3 atom stereocenters. The number of carbonyl (C=O) groups excluding carboxylic acids is 5. The van der Waals surface area contributed by atoms with Crippen molar-refractivity contribution in [3.8, 4) is 17.1 Å². The summed E-state index contributed by atoms with van der Waals surface area (Å²) in [6.45, 7) is 1.68. The van der Waals surface area contributed by atoms with Crippen molar-refractivity contribution < 1.29 is 58.0 Å². The van der Waals surface area contributed by atoms with Crippen LogP contribution in [0.25, 0.3) is 22.3 Å². The van der Waals surface area contributed by atoms with Gasteiger partial charge in [-0.25, -0.2) is 19.4 Å². The van der Waals surface area contributed by atoms with Gasteiger partial charge in [-0.05, 0) is 47.4 Å². The van der Waals surface area contributed by atoms with Gasteiger partial charge in [0.2, 0.25) is 17.9 Å². The monoisotopic (exact) mass is 858 g/mol. The number of carboxylic acids is 2. The van der Waals surface area contributed by atoms with Gasteiger partial charge in [0.05, 0.1) is 41.9 Å². The molecular weight excluding hydrogens is 817 g/mol. The van der Waals surface area contributed by atoms with E-state index in [1.165, 1.54) is 10.6 Å². The molecule has 2 aliphatic rings. The lowest BCUT2D eigenvalue weighted by Gasteiger charge is -2.25. The summed E-state index contributed by atoms with van der Waals surface area (Å²) in [6.07, 6.45) is -2.54. The molecule has 0 fully saturated rings. The summed E-state index contributed by atoms with van der Waals surface area (Å²) >= 11 is 0. The number of aromatic nitrogens is 2. The number of nitrogens with one attached hydrogen (secondary N) is 2. The van der Waals surface area contributed by atoms with Crippen LogP contribution in [0, 0.1) is 0 Å². The molecule has 3 aromatic carbocycles. The van der Waals surface area contributed by atoms with Crippen LogP contribution in [0.2, 0.25) is 0 Å².